The van der Waals surface area contributed by atoms with E-state index in [9.17, 15) is 4.79 Å². The van der Waals surface area contributed by atoms with Crippen molar-refractivity contribution in [3.05, 3.63) is 95.1 Å². The van der Waals surface area contributed by atoms with Gasteiger partial charge in [-0.2, -0.15) is 0 Å². The fourth-order valence-corrected chi connectivity index (χ4v) is 4.56. The van der Waals surface area contributed by atoms with Gasteiger partial charge in [-0.05, 0) is 67.3 Å². The highest BCUT2D eigenvalue weighted by Crippen LogP contribution is 2.30. The van der Waals surface area contributed by atoms with Crippen molar-refractivity contribution in [2.24, 2.45) is 0 Å². The zero-order valence-electron chi connectivity index (χ0n) is 20.3. The molecule has 0 saturated carbocycles. The molecule has 5 nitrogen and oxygen atoms in total. The van der Waals surface area contributed by atoms with E-state index in [0.717, 1.165) is 22.4 Å². The Balaban J connectivity index is 1.74. The van der Waals surface area contributed by atoms with Gasteiger partial charge in [-0.25, -0.2) is 9.97 Å². The van der Waals surface area contributed by atoms with Crippen molar-refractivity contribution in [2.75, 3.05) is 23.1 Å². The van der Waals surface area contributed by atoms with Crippen molar-refractivity contribution < 1.29 is 4.79 Å². The summed E-state index contributed by atoms with van der Waals surface area (Å²) in [7, 11) is 0. The van der Waals surface area contributed by atoms with Crippen LogP contribution in [0.2, 0.25) is 0 Å². The summed E-state index contributed by atoms with van der Waals surface area (Å²) in [6.07, 6.45) is 3.97. The van der Waals surface area contributed by atoms with E-state index in [0.29, 0.717) is 28.8 Å². The highest BCUT2D eigenvalue weighted by Gasteiger charge is 2.22. The van der Waals surface area contributed by atoms with Crippen molar-refractivity contribution in [1.29, 1.82) is 0 Å². The van der Waals surface area contributed by atoms with E-state index in [1.54, 1.807) is 11.8 Å². The average molecular weight is 501 g/mol. The van der Waals surface area contributed by atoms with Gasteiger partial charge in [0.05, 0.1) is 0 Å². The quantitative estimate of drug-likeness (QED) is 0.199. The van der Waals surface area contributed by atoms with Crippen molar-refractivity contribution in [3.8, 4) is 11.4 Å². The van der Waals surface area contributed by atoms with Crippen molar-refractivity contribution in [3.63, 3.8) is 0 Å². The Morgan fingerprint density at radius 3 is 2.26 bits per heavy atom. The molecule has 0 fully saturated rings. The number of aromatic nitrogens is 2. The third-order valence-electron chi connectivity index (χ3n) is 5.71. The zero-order chi connectivity index (χ0) is 24.8. The van der Waals surface area contributed by atoms with Gasteiger partial charge in [-0.1, -0.05) is 48.5 Å². The number of benzene rings is 3. The first-order valence-electron chi connectivity index (χ1n) is 11.3. The lowest BCUT2D eigenvalue weighted by Crippen LogP contribution is -2.18. The molecule has 3 aromatic carbocycles. The van der Waals surface area contributed by atoms with Gasteiger partial charge in [-0.15, -0.1) is 23.5 Å². The molecule has 0 spiro atoms. The minimum Gasteiger partial charge on any atom is -0.365 e. The SMILES string of the molecule is CSc1ccc(-c2nc(NCc3ccccc3)c(C(=O)Nc3ccc(C)c(C)c3)c(SC)n2)cc1. The number of nitrogens with zero attached hydrogens (tertiary/aromatic N) is 2. The molecule has 35 heavy (non-hydrogen) atoms. The maximum Gasteiger partial charge on any atom is 0.262 e. The minimum absolute atomic E-state index is 0.238. The van der Waals surface area contributed by atoms with Crippen LogP contribution in [0.4, 0.5) is 11.5 Å². The molecule has 0 unspecified atom stereocenters. The molecule has 4 aromatic rings. The van der Waals surface area contributed by atoms with Crippen LogP contribution in [-0.2, 0) is 6.54 Å². The van der Waals surface area contributed by atoms with Gasteiger partial charge in [0.1, 0.15) is 16.4 Å². The maximum atomic E-state index is 13.5. The van der Waals surface area contributed by atoms with Gasteiger partial charge in [0.25, 0.3) is 5.91 Å². The Bertz CT molecular complexity index is 1330. The lowest BCUT2D eigenvalue weighted by atomic mass is 10.1. The van der Waals surface area contributed by atoms with E-state index in [1.165, 1.54) is 22.2 Å². The number of amides is 1. The molecular formula is C28H28N4OS2. The second kappa shape index (κ2) is 11.4. The van der Waals surface area contributed by atoms with Gasteiger partial charge in [0.2, 0.25) is 0 Å². The van der Waals surface area contributed by atoms with Gasteiger partial charge < -0.3 is 10.6 Å². The molecule has 7 heteroatoms. The summed E-state index contributed by atoms with van der Waals surface area (Å²) >= 11 is 3.12. The highest BCUT2D eigenvalue weighted by atomic mass is 32.2. The molecular weight excluding hydrogens is 472 g/mol. The summed E-state index contributed by atoms with van der Waals surface area (Å²) in [5, 5.41) is 7.06. The summed E-state index contributed by atoms with van der Waals surface area (Å²) in [5.41, 5.74) is 5.49. The predicted octanol–water partition coefficient (Wildman–Crippen LogP) is 7.07. The number of thioether (sulfide) groups is 2. The maximum absolute atomic E-state index is 13.5. The van der Waals surface area contributed by atoms with Gasteiger partial charge in [0, 0.05) is 22.7 Å². The number of carbonyl (C=O) groups is 1. The second-order valence-electron chi connectivity index (χ2n) is 8.10. The molecule has 2 N–H and O–H groups in total. The summed E-state index contributed by atoms with van der Waals surface area (Å²) < 4.78 is 0. The largest absolute Gasteiger partial charge is 0.365 e. The predicted molar refractivity (Wildman–Crippen MR) is 149 cm³/mol. The number of rotatable bonds is 8. The van der Waals surface area contributed by atoms with E-state index in [-0.39, 0.29) is 5.91 Å². The first-order valence-corrected chi connectivity index (χ1v) is 13.7. The average Bonchev–Trinajstić information content (AvgIpc) is 2.89. The Hall–Kier alpha value is -3.29. The Kier molecular flexibility index (Phi) is 8.10. The van der Waals surface area contributed by atoms with Crippen molar-refractivity contribution >= 4 is 40.9 Å². The number of anilines is 2. The number of hydrogen-bond acceptors (Lipinski definition) is 6. The molecule has 178 valence electrons. The van der Waals surface area contributed by atoms with E-state index in [4.69, 9.17) is 9.97 Å². The molecule has 0 radical (unpaired) electrons. The number of nitrogens with one attached hydrogen (secondary N) is 2. The van der Waals surface area contributed by atoms with Crippen molar-refractivity contribution in [2.45, 2.75) is 30.3 Å². The summed E-state index contributed by atoms with van der Waals surface area (Å²) in [6, 6.07) is 24.1. The lowest BCUT2D eigenvalue weighted by Gasteiger charge is -2.16. The van der Waals surface area contributed by atoms with E-state index < -0.39 is 0 Å². The fraction of sp³-hybridized carbons (Fsp3) is 0.179. The second-order valence-corrected chi connectivity index (χ2v) is 9.78. The Morgan fingerprint density at radius 1 is 0.857 bits per heavy atom. The molecule has 0 aliphatic carbocycles. The molecule has 0 saturated heterocycles. The topological polar surface area (TPSA) is 66.9 Å². The van der Waals surface area contributed by atoms with E-state index in [1.807, 2.05) is 80.1 Å². The van der Waals surface area contributed by atoms with Gasteiger partial charge >= 0.3 is 0 Å². The van der Waals surface area contributed by atoms with E-state index >= 15 is 0 Å². The third-order valence-corrected chi connectivity index (χ3v) is 7.14. The molecule has 0 aliphatic rings. The first-order chi connectivity index (χ1) is 17.0. The summed E-state index contributed by atoms with van der Waals surface area (Å²) in [5.74, 6) is 0.858. The van der Waals surface area contributed by atoms with Gasteiger partial charge in [0.15, 0.2) is 5.82 Å². The number of carbonyl (C=O) groups excluding carboxylic acids is 1. The molecule has 1 amide bonds. The third kappa shape index (κ3) is 6.05. The van der Waals surface area contributed by atoms with Crippen LogP contribution in [0.5, 0.6) is 0 Å². The molecule has 0 atom stereocenters. The normalized spacial score (nSPS) is 10.7. The van der Waals surface area contributed by atoms with Crippen molar-refractivity contribution in [1.82, 2.24) is 9.97 Å². The van der Waals surface area contributed by atoms with Crippen LogP contribution in [0.25, 0.3) is 11.4 Å². The van der Waals surface area contributed by atoms with Crippen LogP contribution < -0.4 is 10.6 Å². The minimum atomic E-state index is -0.238. The summed E-state index contributed by atoms with van der Waals surface area (Å²) in [6.45, 7) is 4.63. The lowest BCUT2D eigenvalue weighted by molar-refractivity contribution is 0.102. The number of aryl methyl sites for hydroxylation is 2. The Labute approximate surface area is 215 Å². The van der Waals surface area contributed by atoms with Crippen LogP contribution in [0, 0.1) is 13.8 Å². The highest BCUT2D eigenvalue weighted by molar-refractivity contribution is 7.98. The molecule has 0 bridgehead atoms. The van der Waals surface area contributed by atoms with Gasteiger partial charge in [-0.3, -0.25) is 4.79 Å². The molecule has 1 heterocycles. The molecule has 4 rings (SSSR count). The van der Waals surface area contributed by atoms with E-state index in [2.05, 4.69) is 29.7 Å². The molecule has 1 aromatic heterocycles. The zero-order valence-corrected chi connectivity index (χ0v) is 21.9. The smallest absolute Gasteiger partial charge is 0.262 e. The number of hydrogen-bond donors (Lipinski definition) is 2. The van der Waals surface area contributed by atoms with Crippen LogP contribution >= 0.6 is 23.5 Å². The Morgan fingerprint density at radius 2 is 1.60 bits per heavy atom. The monoisotopic (exact) mass is 500 g/mol. The van der Waals surface area contributed by atoms with Crippen LogP contribution in [-0.4, -0.2) is 28.4 Å². The van der Waals surface area contributed by atoms with Crippen LogP contribution in [0.1, 0.15) is 27.0 Å². The van der Waals surface area contributed by atoms with Crippen LogP contribution in [0.15, 0.2) is 82.7 Å². The molecule has 0 aliphatic heterocycles. The fourth-order valence-electron chi connectivity index (χ4n) is 3.58. The summed E-state index contributed by atoms with van der Waals surface area (Å²) in [4.78, 5) is 24.3. The standard InChI is InChI=1S/C28H28N4OS2/c1-18-10-13-22(16-19(18)2)30-27(33)24-26(29-17-20-8-6-5-7-9-20)31-25(32-28(24)35-4)21-11-14-23(34-3)15-12-21/h5-16H,17H2,1-4H3,(H,30,33)(H,29,31,32). The first kappa shape index (κ1) is 24.8. The van der Waals surface area contributed by atoms with Crippen LogP contribution in [0.3, 0.4) is 0 Å².